The van der Waals surface area contributed by atoms with Crippen molar-refractivity contribution in [2.45, 2.75) is 26.4 Å². The van der Waals surface area contributed by atoms with Crippen LogP contribution in [-0.4, -0.2) is 11.9 Å². The van der Waals surface area contributed by atoms with Gasteiger partial charge in [-0.1, -0.05) is 12.2 Å². The molecule has 0 amide bonds. The Labute approximate surface area is 77.0 Å². The van der Waals surface area contributed by atoms with E-state index in [1.165, 1.54) is 0 Å². The van der Waals surface area contributed by atoms with Crippen molar-refractivity contribution in [3.63, 3.8) is 0 Å². The second kappa shape index (κ2) is 2.70. The third-order valence-corrected chi connectivity index (χ3v) is 2.69. The number of ketones is 1. The first-order valence-electron chi connectivity index (χ1n) is 4.34. The molecule has 2 aliphatic rings. The quantitative estimate of drug-likeness (QED) is 0.455. The molecule has 1 heterocycles. The van der Waals surface area contributed by atoms with Crippen molar-refractivity contribution in [1.82, 2.24) is 0 Å². The lowest BCUT2D eigenvalue weighted by atomic mass is 9.81. The standard InChI is InChI=1S/C10H12O3/c1-5(2)7-4-8(11)6(3)9-10(7)13-12-9/h7,10H,1,4H2,2-3H3. The zero-order chi connectivity index (χ0) is 9.59. The van der Waals surface area contributed by atoms with Crippen molar-refractivity contribution in [3.05, 3.63) is 23.5 Å². The number of fused-ring (bicyclic) bond motifs is 1. The molecule has 0 aromatic rings. The zero-order valence-electron chi connectivity index (χ0n) is 7.79. The molecule has 1 fully saturated rings. The van der Waals surface area contributed by atoms with Gasteiger partial charge in [0.1, 0.15) is 0 Å². The Balaban J connectivity index is 2.32. The van der Waals surface area contributed by atoms with Gasteiger partial charge in [0.2, 0.25) is 0 Å². The average molecular weight is 180 g/mol. The van der Waals surface area contributed by atoms with Gasteiger partial charge in [-0.15, -0.1) is 0 Å². The predicted octanol–water partition coefficient (Wildman–Crippen LogP) is 1.76. The Morgan fingerprint density at radius 1 is 1.62 bits per heavy atom. The van der Waals surface area contributed by atoms with E-state index in [1.54, 1.807) is 6.92 Å². The van der Waals surface area contributed by atoms with Crippen LogP contribution >= 0.6 is 0 Å². The number of hydrogen-bond donors (Lipinski definition) is 0. The second-order valence-electron chi connectivity index (χ2n) is 3.67. The minimum atomic E-state index is -0.0600. The third-order valence-electron chi connectivity index (χ3n) is 2.69. The van der Waals surface area contributed by atoms with E-state index < -0.39 is 0 Å². The fourth-order valence-electron chi connectivity index (χ4n) is 1.71. The topological polar surface area (TPSA) is 35.5 Å². The lowest BCUT2D eigenvalue weighted by molar-refractivity contribution is -0.387. The highest BCUT2D eigenvalue weighted by atomic mass is 17.2. The molecule has 0 radical (unpaired) electrons. The molecule has 1 aliphatic heterocycles. The molecule has 0 bridgehead atoms. The Morgan fingerprint density at radius 3 is 2.77 bits per heavy atom. The lowest BCUT2D eigenvalue weighted by Crippen LogP contribution is -2.42. The highest BCUT2D eigenvalue weighted by molar-refractivity contribution is 5.97. The van der Waals surface area contributed by atoms with E-state index in [2.05, 4.69) is 6.58 Å². The molecule has 70 valence electrons. The summed E-state index contributed by atoms with van der Waals surface area (Å²) in [5, 5.41) is 0. The molecule has 3 heteroatoms. The van der Waals surface area contributed by atoms with Gasteiger partial charge in [-0.25, -0.2) is 0 Å². The summed E-state index contributed by atoms with van der Waals surface area (Å²) in [6.45, 7) is 7.54. The monoisotopic (exact) mass is 180 g/mol. The van der Waals surface area contributed by atoms with Gasteiger partial charge in [-0.3, -0.25) is 4.79 Å². The largest absolute Gasteiger partial charge is 0.338 e. The van der Waals surface area contributed by atoms with E-state index >= 15 is 0 Å². The normalized spacial score (nSPS) is 32.0. The molecular weight excluding hydrogens is 168 g/mol. The number of allylic oxidation sites excluding steroid dienone is 1. The number of carbonyl (C=O) groups is 1. The smallest absolute Gasteiger partial charge is 0.182 e. The molecule has 3 nitrogen and oxygen atoms in total. The first-order chi connectivity index (χ1) is 6.11. The van der Waals surface area contributed by atoms with E-state index in [4.69, 9.17) is 9.78 Å². The molecular formula is C10H12O3. The Hall–Kier alpha value is -1.09. The van der Waals surface area contributed by atoms with Crippen molar-refractivity contribution < 1.29 is 14.6 Å². The third kappa shape index (κ3) is 1.11. The fourth-order valence-corrected chi connectivity index (χ4v) is 1.71. The van der Waals surface area contributed by atoms with Gasteiger partial charge in [-0.2, -0.15) is 4.89 Å². The van der Waals surface area contributed by atoms with E-state index in [0.717, 1.165) is 5.57 Å². The van der Waals surface area contributed by atoms with Crippen molar-refractivity contribution in [3.8, 4) is 0 Å². The molecule has 1 aliphatic carbocycles. The Morgan fingerprint density at radius 2 is 2.31 bits per heavy atom. The van der Waals surface area contributed by atoms with Gasteiger partial charge in [-0.05, 0) is 13.8 Å². The molecule has 1 saturated heterocycles. The predicted molar refractivity (Wildman–Crippen MR) is 46.6 cm³/mol. The minimum Gasteiger partial charge on any atom is -0.338 e. The lowest BCUT2D eigenvalue weighted by Gasteiger charge is -2.38. The second-order valence-corrected chi connectivity index (χ2v) is 3.67. The summed E-state index contributed by atoms with van der Waals surface area (Å²) in [5.74, 6) is 0.937. The van der Waals surface area contributed by atoms with Gasteiger partial charge in [0.25, 0.3) is 0 Å². The van der Waals surface area contributed by atoms with Crippen LogP contribution in [0.3, 0.4) is 0 Å². The molecule has 0 aromatic heterocycles. The summed E-state index contributed by atoms with van der Waals surface area (Å²) >= 11 is 0. The maximum absolute atomic E-state index is 11.5. The number of Topliss-reactive ketones (excluding diaryl/α,β-unsaturated/α-hetero) is 1. The van der Waals surface area contributed by atoms with Gasteiger partial charge in [0.15, 0.2) is 17.6 Å². The molecule has 0 aromatic carbocycles. The van der Waals surface area contributed by atoms with Crippen LogP contribution in [0.25, 0.3) is 0 Å². The van der Waals surface area contributed by atoms with E-state index in [0.29, 0.717) is 17.8 Å². The molecule has 0 spiro atoms. The zero-order valence-corrected chi connectivity index (χ0v) is 7.79. The minimum absolute atomic E-state index is 0.0600. The van der Waals surface area contributed by atoms with E-state index in [-0.39, 0.29) is 17.8 Å². The van der Waals surface area contributed by atoms with Crippen LogP contribution < -0.4 is 0 Å². The number of rotatable bonds is 1. The maximum atomic E-state index is 11.5. The molecule has 2 unspecified atom stereocenters. The van der Waals surface area contributed by atoms with Crippen LogP contribution in [0.4, 0.5) is 0 Å². The van der Waals surface area contributed by atoms with Gasteiger partial charge >= 0.3 is 0 Å². The maximum Gasteiger partial charge on any atom is 0.182 e. The van der Waals surface area contributed by atoms with Crippen LogP contribution in [-0.2, 0) is 14.6 Å². The SMILES string of the molecule is C=C(C)C1CC(=O)C(C)=C2OOC21. The van der Waals surface area contributed by atoms with Crippen molar-refractivity contribution >= 4 is 5.78 Å². The van der Waals surface area contributed by atoms with Crippen molar-refractivity contribution in [2.75, 3.05) is 0 Å². The van der Waals surface area contributed by atoms with Crippen LogP contribution in [0.5, 0.6) is 0 Å². The van der Waals surface area contributed by atoms with Crippen molar-refractivity contribution in [2.24, 2.45) is 5.92 Å². The summed E-state index contributed by atoms with van der Waals surface area (Å²) in [5.41, 5.74) is 1.68. The van der Waals surface area contributed by atoms with Crippen LogP contribution in [0.15, 0.2) is 23.5 Å². The summed E-state index contributed by atoms with van der Waals surface area (Å²) < 4.78 is 0. The van der Waals surface area contributed by atoms with Crippen molar-refractivity contribution in [1.29, 1.82) is 0 Å². The van der Waals surface area contributed by atoms with Gasteiger partial charge in [0, 0.05) is 17.9 Å². The summed E-state index contributed by atoms with van der Waals surface area (Å²) in [6, 6.07) is 0. The summed E-state index contributed by atoms with van der Waals surface area (Å²) in [4.78, 5) is 21.2. The molecule has 0 N–H and O–H groups in total. The van der Waals surface area contributed by atoms with E-state index in [1.807, 2.05) is 6.92 Å². The molecule has 13 heavy (non-hydrogen) atoms. The Bertz CT molecular complexity index is 314. The van der Waals surface area contributed by atoms with Crippen LogP contribution in [0.2, 0.25) is 0 Å². The summed E-state index contributed by atoms with van der Waals surface area (Å²) in [6.07, 6.45) is 0.439. The fraction of sp³-hybridized carbons (Fsp3) is 0.500. The van der Waals surface area contributed by atoms with E-state index in [9.17, 15) is 4.79 Å². The first-order valence-corrected chi connectivity index (χ1v) is 4.34. The highest BCUT2D eigenvalue weighted by Crippen LogP contribution is 2.40. The van der Waals surface area contributed by atoms with Gasteiger partial charge in [0.05, 0.1) is 0 Å². The molecule has 2 rings (SSSR count). The first kappa shape index (κ1) is 8.51. The average Bonchev–Trinajstić information content (AvgIpc) is 1.98. The highest BCUT2D eigenvalue weighted by Gasteiger charge is 2.44. The van der Waals surface area contributed by atoms with Crippen LogP contribution in [0.1, 0.15) is 20.3 Å². The molecule has 0 saturated carbocycles. The Kier molecular flexibility index (Phi) is 1.77. The van der Waals surface area contributed by atoms with Crippen LogP contribution in [0, 0.1) is 5.92 Å². The summed E-state index contributed by atoms with van der Waals surface area (Å²) in [7, 11) is 0. The van der Waals surface area contributed by atoms with Gasteiger partial charge < -0.3 is 4.89 Å². The molecule has 2 atom stereocenters. The number of carbonyl (C=O) groups excluding carboxylic acids is 1. The number of hydrogen-bond acceptors (Lipinski definition) is 3.